The molecule has 3 atom stereocenters. The van der Waals surface area contributed by atoms with E-state index in [2.05, 4.69) is 5.32 Å². The van der Waals surface area contributed by atoms with E-state index in [-0.39, 0.29) is 12.7 Å². The van der Waals surface area contributed by atoms with Gasteiger partial charge in [0.2, 0.25) is 0 Å². The maximum atomic E-state index is 12.6. The number of aliphatic hydroxyl groups excluding tert-OH is 1. The van der Waals surface area contributed by atoms with Crippen LogP contribution in [0.15, 0.2) is 0 Å². The first-order valence-corrected chi connectivity index (χ1v) is 9.26. The van der Waals surface area contributed by atoms with Crippen LogP contribution in [0, 0.1) is 5.92 Å². The van der Waals surface area contributed by atoms with Gasteiger partial charge in [-0.1, -0.05) is 6.42 Å². The number of hydrogen-bond acceptors (Lipinski definition) is 4. The lowest BCUT2D eigenvalue weighted by molar-refractivity contribution is -0.0000928. The summed E-state index contributed by atoms with van der Waals surface area (Å²) in [6.07, 6.45) is 7.58. The molecule has 1 saturated carbocycles. The molecule has 1 heterocycles. The number of piperidine rings is 1. The predicted octanol–water partition coefficient (Wildman–Crippen LogP) is 2.92. The molecular formula is C18H34N2O3. The molecule has 1 aliphatic heterocycles. The molecule has 5 heteroatoms. The Morgan fingerprint density at radius 1 is 1.22 bits per heavy atom. The molecule has 5 nitrogen and oxygen atoms in total. The lowest BCUT2D eigenvalue weighted by Gasteiger charge is -2.41. The fourth-order valence-electron chi connectivity index (χ4n) is 4.02. The third-order valence-corrected chi connectivity index (χ3v) is 4.98. The molecule has 0 aromatic heterocycles. The van der Waals surface area contributed by atoms with Gasteiger partial charge in [0.05, 0.1) is 0 Å². The van der Waals surface area contributed by atoms with Gasteiger partial charge in [-0.05, 0) is 71.8 Å². The van der Waals surface area contributed by atoms with Gasteiger partial charge in [-0.15, -0.1) is 0 Å². The second-order valence-corrected chi connectivity index (χ2v) is 7.97. The molecule has 23 heavy (non-hydrogen) atoms. The summed E-state index contributed by atoms with van der Waals surface area (Å²) < 4.78 is 5.63. The molecule has 0 bridgehead atoms. The maximum Gasteiger partial charge on any atom is 0.410 e. The molecule has 2 N–H and O–H groups in total. The Kier molecular flexibility index (Phi) is 6.72. The molecule has 2 rings (SSSR count). The van der Waals surface area contributed by atoms with Crippen molar-refractivity contribution >= 4 is 6.09 Å². The van der Waals surface area contributed by atoms with Crippen LogP contribution in [0.4, 0.5) is 4.79 Å². The smallest absolute Gasteiger partial charge is 0.410 e. The molecule has 0 aromatic rings. The van der Waals surface area contributed by atoms with Crippen LogP contribution in [0.2, 0.25) is 0 Å². The van der Waals surface area contributed by atoms with Crippen LogP contribution in [0.25, 0.3) is 0 Å². The zero-order chi connectivity index (χ0) is 16.9. The van der Waals surface area contributed by atoms with Crippen LogP contribution in [0.1, 0.15) is 65.7 Å². The van der Waals surface area contributed by atoms with Crippen molar-refractivity contribution in [2.45, 2.75) is 83.4 Å². The molecule has 1 aliphatic carbocycles. The summed E-state index contributed by atoms with van der Waals surface area (Å²) in [6.45, 7) is 7.70. The number of amides is 1. The van der Waals surface area contributed by atoms with Gasteiger partial charge >= 0.3 is 6.09 Å². The molecular weight excluding hydrogens is 292 g/mol. The zero-order valence-electron chi connectivity index (χ0n) is 15.0. The first-order valence-electron chi connectivity index (χ1n) is 9.26. The second-order valence-electron chi connectivity index (χ2n) is 7.97. The van der Waals surface area contributed by atoms with Gasteiger partial charge in [0.15, 0.2) is 0 Å². The summed E-state index contributed by atoms with van der Waals surface area (Å²) in [4.78, 5) is 14.6. The van der Waals surface area contributed by atoms with E-state index >= 15 is 0 Å². The molecule has 1 amide bonds. The van der Waals surface area contributed by atoms with E-state index in [1.165, 1.54) is 25.7 Å². The topological polar surface area (TPSA) is 61.8 Å². The van der Waals surface area contributed by atoms with Crippen LogP contribution in [0.3, 0.4) is 0 Å². The lowest BCUT2D eigenvalue weighted by atomic mass is 9.87. The van der Waals surface area contributed by atoms with E-state index in [1.54, 1.807) is 0 Å². The van der Waals surface area contributed by atoms with Gasteiger partial charge < -0.3 is 20.1 Å². The highest BCUT2D eigenvalue weighted by atomic mass is 16.6. The third kappa shape index (κ3) is 5.35. The SMILES string of the molecule is CC(C)(C)OC(=O)N1CCCCC1C1CCCC1NCCCO. The van der Waals surface area contributed by atoms with Gasteiger partial charge in [0.1, 0.15) is 5.60 Å². The molecule has 0 aromatic carbocycles. The molecule has 2 fully saturated rings. The maximum absolute atomic E-state index is 12.6. The van der Waals surface area contributed by atoms with Crippen molar-refractivity contribution in [2.75, 3.05) is 19.7 Å². The van der Waals surface area contributed by atoms with Crippen molar-refractivity contribution in [3.63, 3.8) is 0 Å². The van der Waals surface area contributed by atoms with Crippen LogP contribution in [-0.2, 0) is 4.74 Å². The van der Waals surface area contributed by atoms with E-state index in [0.717, 1.165) is 32.4 Å². The Balaban J connectivity index is 2.00. The predicted molar refractivity (Wildman–Crippen MR) is 91.4 cm³/mol. The van der Waals surface area contributed by atoms with E-state index in [4.69, 9.17) is 9.84 Å². The number of hydrogen-bond donors (Lipinski definition) is 2. The Morgan fingerprint density at radius 2 is 2.00 bits per heavy atom. The highest BCUT2D eigenvalue weighted by molar-refractivity contribution is 5.68. The molecule has 2 aliphatic rings. The normalized spacial score (nSPS) is 28.9. The fourth-order valence-corrected chi connectivity index (χ4v) is 4.02. The largest absolute Gasteiger partial charge is 0.444 e. The first kappa shape index (κ1) is 18.5. The Labute approximate surface area is 140 Å². The van der Waals surface area contributed by atoms with E-state index in [0.29, 0.717) is 18.0 Å². The fraction of sp³-hybridized carbons (Fsp3) is 0.944. The van der Waals surface area contributed by atoms with E-state index < -0.39 is 5.60 Å². The highest BCUT2D eigenvalue weighted by Crippen LogP contribution is 2.36. The van der Waals surface area contributed by atoms with Gasteiger partial charge in [-0.2, -0.15) is 0 Å². The summed E-state index contributed by atoms with van der Waals surface area (Å²) in [7, 11) is 0. The van der Waals surface area contributed by atoms with Crippen molar-refractivity contribution in [2.24, 2.45) is 5.92 Å². The average Bonchev–Trinajstić information content (AvgIpc) is 2.94. The van der Waals surface area contributed by atoms with Gasteiger partial charge in [0, 0.05) is 25.2 Å². The molecule has 0 radical (unpaired) electrons. The minimum absolute atomic E-state index is 0.150. The number of nitrogens with one attached hydrogen (secondary N) is 1. The number of nitrogens with zero attached hydrogens (tertiary/aromatic N) is 1. The summed E-state index contributed by atoms with van der Waals surface area (Å²) in [5, 5.41) is 12.6. The monoisotopic (exact) mass is 326 g/mol. The van der Waals surface area contributed by atoms with Crippen LogP contribution < -0.4 is 5.32 Å². The van der Waals surface area contributed by atoms with Crippen molar-refractivity contribution in [1.82, 2.24) is 10.2 Å². The van der Waals surface area contributed by atoms with Gasteiger partial charge in [0.25, 0.3) is 0 Å². The van der Waals surface area contributed by atoms with Crippen molar-refractivity contribution in [3.8, 4) is 0 Å². The van der Waals surface area contributed by atoms with Crippen molar-refractivity contribution in [1.29, 1.82) is 0 Å². The molecule has 1 saturated heterocycles. The van der Waals surface area contributed by atoms with Crippen LogP contribution in [-0.4, -0.2) is 53.5 Å². The highest BCUT2D eigenvalue weighted by Gasteiger charge is 2.40. The van der Waals surface area contributed by atoms with Crippen molar-refractivity contribution in [3.05, 3.63) is 0 Å². The average molecular weight is 326 g/mol. The van der Waals surface area contributed by atoms with Crippen molar-refractivity contribution < 1.29 is 14.6 Å². The van der Waals surface area contributed by atoms with E-state index in [1.807, 2.05) is 25.7 Å². The first-order chi connectivity index (χ1) is 10.9. The standard InChI is InChI=1S/C18H34N2O3/c1-18(2,3)23-17(22)20-12-5-4-10-16(20)14-8-6-9-15(14)19-11-7-13-21/h14-16,19,21H,4-13H2,1-3H3. The zero-order valence-corrected chi connectivity index (χ0v) is 15.0. The number of carbonyl (C=O) groups excluding carboxylic acids is 1. The minimum atomic E-state index is -0.437. The number of likely N-dealkylation sites (tertiary alicyclic amines) is 1. The Bertz CT molecular complexity index is 381. The summed E-state index contributed by atoms with van der Waals surface area (Å²) in [5.41, 5.74) is -0.437. The Hall–Kier alpha value is -0.810. The van der Waals surface area contributed by atoms with E-state index in [9.17, 15) is 4.79 Å². The number of rotatable bonds is 5. The van der Waals surface area contributed by atoms with Crippen LogP contribution >= 0.6 is 0 Å². The third-order valence-electron chi connectivity index (χ3n) is 4.98. The van der Waals surface area contributed by atoms with Crippen LogP contribution in [0.5, 0.6) is 0 Å². The molecule has 0 spiro atoms. The summed E-state index contributed by atoms with van der Waals surface area (Å²) in [5.74, 6) is 0.515. The number of aliphatic hydroxyl groups is 1. The summed E-state index contributed by atoms with van der Waals surface area (Å²) in [6, 6.07) is 0.766. The minimum Gasteiger partial charge on any atom is -0.444 e. The molecule has 3 unspecified atom stereocenters. The quantitative estimate of drug-likeness (QED) is 0.763. The Morgan fingerprint density at radius 3 is 2.70 bits per heavy atom. The second kappa shape index (κ2) is 8.34. The van der Waals surface area contributed by atoms with Gasteiger partial charge in [-0.3, -0.25) is 0 Å². The summed E-state index contributed by atoms with van der Waals surface area (Å²) >= 11 is 0. The number of ether oxygens (including phenoxy) is 1. The lowest BCUT2D eigenvalue weighted by Crippen LogP contribution is -2.52. The van der Waals surface area contributed by atoms with Gasteiger partial charge in [-0.25, -0.2) is 4.79 Å². The number of carbonyl (C=O) groups is 1. The molecule has 134 valence electrons.